The van der Waals surface area contributed by atoms with Crippen molar-refractivity contribution in [2.45, 2.75) is 284 Å². The molecule has 1 heterocycles. The number of likely N-dealkylation sites (N-methyl/N-ethyl adjacent to an activating group) is 1. The number of aliphatic hydroxyl groups is 1. The van der Waals surface area contributed by atoms with Crippen molar-refractivity contribution in [2.24, 2.45) is 5.41 Å². The van der Waals surface area contributed by atoms with Crippen LogP contribution >= 0.6 is 7.82 Å². The number of nitrogens with one attached hydrogen (secondary N) is 2. The summed E-state index contributed by atoms with van der Waals surface area (Å²) in [5.41, 5.74) is -0.826. The van der Waals surface area contributed by atoms with Gasteiger partial charge in [-0.15, -0.1) is 0 Å². The van der Waals surface area contributed by atoms with Gasteiger partial charge < -0.3 is 44.2 Å². The molecule has 1 fully saturated rings. The predicted octanol–water partition coefficient (Wildman–Crippen LogP) is 13.5. The monoisotopic (exact) mass is 1080 g/mol. The number of aliphatic hydroxyl groups excluding tert-OH is 1. The molecule has 1 saturated heterocycles. The number of ether oxygens (including phenoxy) is 6. The molecule has 0 saturated carbocycles. The number of rotatable bonds is 54. The summed E-state index contributed by atoms with van der Waals surface area (Å²) in [5.74, 6) is -0.904. The van der Waals surface area contributed by atoms with E-state index in [1.54, 1.807) is 7.05 Å². The molecule has 74 heavy (non-hydrogen) atoms. The summed E-state index contributed by atoms with van der Waals surface area (Å²) in [5, 5.41) is 17.6. The first kappa shape index (κ1) is 70.8. The number of hydrogen-bond acceptors (Lipinski definition) is 15. The first-order valence-electron chi connectivity index (χ1n) is 30.4. The molecule has 15 nitrogen and oxygen atoms in total. The third-order valence-corrected chi connectivity index (χ3v) is 15.4. The van der Waals surface area contributed by atoms with Crippen molar-refractivity contribution < 1.29 is 61.3 Å². The van der Waals surface area contributed by atoms with Crippen LogP contribution in [-0.2, 0) is 56.1 Å². The number of esters is 2. The number of hydrogen-bond donors (Lipinski definition) is 3. The summed E-state index contributed by atoms with van der Waals surface area (Å²) in [6.45, 7) is 17.1. The van der Waals surface area contributed by atoms with E-state index in [-0.39, 0.29) is 52.0 Å². The molecule has 3 N–H and O–H groups in total. The van der Waals surface area contributed by atoms with Gasteiger partial charge in [-0.3, -0.25) is 23.2 Å². The fraction of sp³-hybridized carbons (Fsp3) is 0.966. The molecule has 440 valence electrons. The zero-order valence-electron chi connectivity index (χ0n) is 48.7. The highest BCUT2D eigenvalue weighted by Crippen LogP contribution is 2.53. The Kier molecular flexibility index (Phi) is 45.7. The Bertz CT molecular complexity index is 1340. The normalized spacial score (nSPS) is 19.4. The topological polar surface area (TPSA) is 179 Å². The molecule has 16 heteroatoms. The summed E-state index contributed by atoms with van der Waals surface area (Å²) in [4.78, 5) is 28.1. The number of unbranched alkanes of at least 4 members (excludes halogenated alkanes) is 22. The molecule has 0 aliphatic carbocycles. The average molecular weight is 1080 g/mol. The summed E-state index contributed by atoms with van der Waals surface area (Å²) in [6.07, 6.45) is 25.3. The van der Waals surface area contributed by atoms with Crippen molar-refractivity contribution in [3.8, 4) is 0 Å². The molecule has 6 unspecified atom stereocenters. The van der Waals surface area contributed by atoms with E-state index >= 15 is 0 Å². The lowest BCUT2D eigenvalue weighted by atomic mass is 9.90. The molecule has 0 aromatic heterocycles. The highest BCUT2D eigenvalue weighted by atomic mass is 31.2. The molecule has 0 aromatic carbocycles. The maximum Gasteiger partial charge on any atom is 0.475 e. The van der Waals surface area contributed by atoms with Crippen molar-refractivity contribution >= 4 is 19.8 Å². The van der Waals surface area contributed by atoms with E-state index in [0.717, 1.165) is 83.5 Å². The molecule has 1 rings (SSSR count). The lowest BCUT2D eigenvalue weighted by molar-refractivity contribution is -0.281. The summed E-state index contributed by atoms with van der Waals surface area (Å²) in [7, 11) is -2.56. The fourth-order valence-electron chi connectivity index (χ4n) is 9.01. The van der Waals surface area contributed by atoms with Crippen molar-refractivity contribution in [1.29, 1.82) is 0 Å². The van der Waals surface area contributed by atoms with E-state index in [0.29, 0.717) is 52.0 Å². The SMILES string of the molecule is CCCCCCCCCCCCCC(=O)O[C@H](CCCCCCCCCCC)CC(=O)OC1C(NC)C(OCC(CO)(CNCC)COCCCC)OC(COCCCC)C1OP(=O)(OCCCC)OCCCC. The van der Waals surface area contributed by atoms with Gasteiger partial charge in [0, 0.05) is 26.2 Å². The second-order valence-electron chi connectivity index (χ2n) is 21.0. The van der Waals surface area contributed by atoms with Crippen LogP contribution in [0.2, 0.25) is 0 Å². The Balaban J connectivity index is 3.57. The van der Waals surface area contributed by atoms with Crippen LogP contribution in [0.1, 0.15) is 248 Å². The first-order chi connectivity index (χ1) is 36.0. The standard InChI is InChI=1S/C58H115N2O13P/c1-9-16-22-24-26-28-29-31-33-35-37-39-52(62)70-50(38-36-34-32-30-27-25-23-17-10-2)44-53(63)72-56-54(59-8)57(67-49-58(47-61,46-60-15-7)48-66-41-19-12-4)71-51(45-65-40-18-11-3)55(56)73-74(64,68-42-20-13-5)69-43-21-14-6/h50-51,54-57,59-61H,9-49H2,1-8H3/t50-,51?,54?,55?,56?,57?,58?/m1/s1. The van der Waals surface area contributed by atoms with E-state index in [1.165, 1.54) is 83.5 Å². The Morgan fingerprint density at radius 3 is 1.62 bits per heavy atom. The third-order valence-electron chi connectivity index (χ3n) is 13.9. The molecule has 0 amide bonds. The Labute approximate surface area is 452 Å². The minimum Gasteiger partial charge on any atom is -0.462 e. The van der Waals surface area contributed by atoms with Gasteiger partial charge in [0.2, 0.25) is 0 Å². The third kappa shape index (κ3) is 33.9. The van der Waals surface area contributed by atoms with E-state index < -0.39 is 56.0 Å². The minimum absolute atomic E-state index is 0.000513. The van der Waals surface area contributed by atoms with Gasteiger partial charge in [-0.1, -0.05) is 190 Å². The van der Waals surface area contributed by atoms with E-state index in [2.05, 4.69) is 38.3 Å². The van der Waals surface area contributed by atoms with E-state index in [1.807, 2.05) is 20.8 Å². The molecule has 0 bridgehead atoms. The van der Waals surface area contributed by atoms with Gasteiger partial charge in [0.1, 0.15) is 18.3 Å². The first-order valence-corrected chi connectivity index (χ1v) is 31.9. The largest absolute Gasteiger partial charge is 0.475 e. The number of phosphoric ester groups is 1. The molecular formula is C58H115N2O13P. The van der Waals surface area contributed by atoms with Crippen LogP contribution in [0.25, 0.3) is 0 Å². The highest BCUT2D eigenvalue weighted by Gasteiger charge is 2.53. The van der Waals surface area contributed by atoms with E-state index in [9.17, 15) is 19.3 Å². The van der Waals surface area contributed by atoms with Crippen molar-refractivity contribution in [1.82, 2.24) is 10.6 Å². The zero-order valence-corrected chi connectivity index (χ0v) is 49.6. The van der Waals surface area contributed by atoms with Gasteiger partial charge in [0.15, 0.2) is 12.4 Å². The van der Waals surface area contributed by atoms with Crippen LogP contribution in [0, 0.1) is 5.41 Å². The predicted molar refractivity (Wildman–Crippen MR) is 298 cm³/mol. The Morgan fingerprint density at radius 1 is 0.608 bits per heavy atom. The van der Waals surface area contributed by atoms with Crippen LogP contribution < -0.4 is 10.6 Å². The van der Waals surface area contributed by atoms with Crippen molar-refractivity contribution in [3.63, 3.8) is 0 Å². The van der Waals surface area contributed by atoms with Gasteiger partial charge in [-0.05, 0) is 58.5 Å². The van der Waals surface area contributed by atoms with Gasteiger partial charge in [-0.2, -0.15) is 0 Å². The fourth-order valence-corrected chi connectivity index (χ4v) is 10.5. The molecule has 7 atom stereocenters. The van der Waals surface area contributed by atoms with Gasteiger partial charge in [0.05, 0.1) is 57.5 Å². The molecular weight excluding hydrogens is 964 g/mol. The Morgan fingerprint density at radius 2 is 1.11 bits per heavy atom. The lowest BCUT2D eigenvalue weighted by Gasteiger charge is -2.46. The molecule has 0 aromatic rings. The van der Waals surface area contributed by atoms with Crippen LogP contribution in [-0.4, -0.2) is 127 Å². The number of carbonyl (C=O) groups is 2. The molecule has 0 spiro atoms. The lowest BCUT2D eigenvalue weighted by Crippen LogP contribution is -2.65. The second-order valence-corrected chi connectivity index (χ2v) is 22.6. The smallest absolute Gasteiger partial charge is 0.462 e. The Hall–Kier alpha value is -1.23. The zero-order chi connectivity index (χ0) is 54.4. The second kappa shape index (κ2) is 47.7. The van der Waals surface area contributed by atoms with Gasteiger partial charge in [0.25, 0.3) is 0 Å². The van der Waals surface area contributed by atoms with Crippen LogP contribution in [0.3, 0.4) is 0 Å². The van der Waals surface area contributed by atoms with Crippen LogP contribution in [0.5, 0.6) is 0 Å². The highest BCUT2D eigenvalue weighted by molar-refractivity contribution is 7.48. The summed E-state index contributed by atoms with van der Waals surface area (Å²) in [6, 6.07) is -0.869. The average Bonchev–Trinajstić information content (AvgIpc) is 3.39. The van der Waals surface area contributed by atoms with Crippen molar-refractivity contribution in [3.05, 3.63) is 0 Å². The maximum atomic E-state index is 14.7. The van der Waals surface area contributed by atoms with Gasteiger partial charge >= 0.3 is 19.8 Å². The van der Waals surface area contributed by atoms with Gasteiger partial charge in [-0.25, -0.2) is 4.57 Å². The summed E-state index contributed by atoms with van der Waals surface area (Å²) >= 11 is 0. The van der Waals surface area contributed by atoms with Crippen LogP contribution in [0.15, 0.2) is 0 Å². The number of carbonyl (C=O) groups excluding carboxylic acids is 2. The quantitative estimate of drug-likeness (QED) is 0.0297. The maximum absolute atomic E-state index is 14.7. The number of phosphoric acid groups is 1. The summed E-state index contributed by atoms with van der Waals surface area (Å²) < 4.78 is 71.5. The molecule has 1 aliphatic heterocycles. The molecule has 1 aliphatic rings. The minimum atomic E-state index is -4.27. The molecule has 0 radical (unpaired) electrons. The van der Waals surface area contributed by atoms with E-state index in [4.69, 9.17) is 42.0 Å². The van der Waals surface area contributed by atoms with Crippen LogP contribution in [0.4, 0.5) is 0 Å². The van der Waals surface area contributed by atoms with Crippen molar-refractivity contribution in [2.75, 3.05) is 73.0 Å².